The van der Waals surface area contributed by atoms with Gasteiger partial charge in [0.2, 0.25) is 0 Å². The van der Waals surface area contributed by atoms with E-state index >= 15 is 0 Å². The van der Waals surface area contributed by atoms with Crippen LogP contribution in [-0.2, 0) is 6.42 Å². The van der Waals surface area contributed by atoms with Gasteiger partial charge in [0.15, 0.2) is 0 Å². The zero-order valence-corrected chi connectivity index (χ0v) is 15.5. The summed E-state index contributed by atoms with van der Waals surface area (Å²) >= 11 is 0. The van der Waals surface area contributed by atoms with Gasteiger partial charge in [0, 0.05) is 18.4 Å². The van der Waals surface area contributed by atoms with Gasteiger partial charge in [-0.1, -0.05) is 18.2 Å². The molecular weight excluding hydrogens is 352 g/mol. The number of hydrogen-bond acceptors (Lipinski definition) is 5. The summed E-state index contributed by atoms with van der Waals surface area (Å²) in [6.07, 6.45) is 3.86. The van der Waals surface area contributed by atoms with Crippen LogP contribution in [0, 0.1) is 11.3 Å². The lowest BCUT2D eigenvalue weighted by molar-refractivity contribution is 0.0954. The number of methoxy groups -OCH3 is 1. The highest BCUT2D eigenvalue weighted by Crippen LogP contribution is 2.18. The molecule has 0 aliphatic carbocycles. The average Bonchev–Trinajstić information content (AvgIpc) is 2.74. The summed E-state index contributed by atoms with van der Waals surface area (Å²) in [5, 5.41) is 15.1. The number of anilines is 2. The standard InChI is InChI=1S/C22H20N4O2/c1-28-21-7-3-4-16(11-21)8-9-25-22(27)18-12-20(15-24-14-18)26-19-6-2-5-17(10-19)13-23/h2-7,10-12,14-15,26H,8-9H2,1H3,(H,25,27). The number of ether oxygens (including phenoxy) is 1. The second kappa shape index (κ2) is 9.19. The molecule has 28 heavy (non-hydrogen) atoms. The number of hydrogen-bond donors (Lipinski definition) is 2. The van der Waals surface area contributed by atoms with E-state index in [4.69, 9.17) is 10.00 Å². The molecule has 0 aliphatic rings. The molecule has 2 aromatic carbocycles. The lowest BCUT2D eigenvalue weighted by Crippen LogP contribution is -2.25. The molecule has 3 aromatic rings. The van der Waals surface area contributed by atoms with Crippen molar-refractivity contribution < 1.29 is 9.53 Å². The Labute approximate surface area is 163 Å². The van der Waals surface area contributed by atoms with Crippen LogP contribution in [0.2, 0.25) is 0 Å². The van der Waals surface area contributed by atoms with Crippen LogP contribution in [0.25, 0.3) is 0 Å². The van der Waals surface area contributed by atoms with Crippen LogP contribution >= 0.6 is 0 Å². The van der Waals surface area contributed by atoms with E-state index in [1.54, 1.807) is 37.6 Å². The summed E-state index contributed by atoms with van der Waals surface area (Å²) in [7, 11) is 1.63. The summed E-state index contributed by atoms with van der Waals surface area (Å²) in [6, 6.07) is 18.7. The van der Waals surface area contributed by atoms with Gasteiger partial charge in [0.05, 0.1) is 36.2 Å². The highest BCUT2D eigenvalue weighted by atomic mass is 16.5. The van der Waals surface area contributed by atoms with Crippen LogP contribution in [0.5, 0.6) is 5.75 Å². The zero-order chi connectivity index (χ0) is 19.8. The molecule has 0 bridgehead atoms. The van der Waals surface area contributed by atoms with E-state index < -0.39 is 0 Å². The summed E-state index contributed by atoms with van der Waals surface area (Å²) < 4.78 is 5.21. The van der Waals surface area contributed by atoms with E-state index in [0.29, 0.717) is 29.8 Å². The number of benzene rings is 2. The van der Waals surface area contributed by atoms with Gasteiger partial charge in [-0.05, 0) is 48.4 Å². The molecule has 1 heterocycles. The third-order valence-corrected chi connectivity index (χ3v) is 4.11. The van der Waals surface area contributed by atoms with Crippen molar-refractivity contribution in [2.75, 3.05) is 19.0 Å². The summed E-state index contributed by atoms with van der Waals surface area (Å²) in [4.78, 5) is 16.5. The van der Waals surface area contributed by atoms with Gasteiger partial charge in [0.25, 0.3) is 5.91 Å². The molecule has 2 N–H and O–H groups in total. The quantitative estimate of drug-likeness (QED) is 0.661. The number of aromatic nitrogens is 1. The molecule has 0 saturated heterocycles. The van der Waals surface area contributed by atoms with Crippen LogP contribution in [0.1, 0.15) is 21.5 Å². The number of nitrogens with one attached hydrogen (secondary N) is 2. The van der Waals surface area contributed by atoms with Crippen LogP contribution in [-0.4, -0.2) is 24.5 Å². The molecule has 0 aliphatic heterocycles. The molecule has 0 radical (unpaired) electrons. The lowest BCUT2D eigenvalue weighted by atomic mass is 10.1. The number of carbonyl (C=O) groups excluding carboxylic acids is 1. The fraction of sp³-hybridized carbons (Fsp3) is 0.136. The number of pyridine rings is 1. The minimum atomic E-state index is -0.190. The molecule has 140 valence electrons. The molecule has 1 amide bonds. The summed E-state index contributed by atoms with van der Waals surface area (Å²) in [5.41, 5.74) is 3.55. The average molecular weight is 372 g/mol. The number of nitrogens with zero attached hydrogens (tertiary/aromatic N) is 2. The van der Waals surface area contributed by atoms with Gasteiger partial charge in [-0.15, -0.1) is 0 Å². The monoisotopic (exact) mass is 372 g/mol. The summed E-state index contributed by atoms with van der Waals surface area (Å²) in [6.45, 7) is 0.508. The van der Waals surface area contributed by atoms with Crippen molar-refractivity contribution in [1.29, 1.82) is 5.26 Å². The van der Waals surface area contributed by atoms with Crippen molar-refractivity contribution in [3.05, 3.63) is 83.7 Å². The van der Waals surface area contributed by atoms with E-state index in [2.05, 4.69) is 21.7 Å². The van der Waals surface area contributed by atoms with Gasteiger partial charge < -0.3 is 15.4 Å². The van der Waals surface area contributed by atoms with Crippen molar-refractivity contribution in [2.45, 2.75) is 6.42 Å². The van der Waals surface area contributed by atoms with Gasteiger partial charge >= 0.3 is 0 Å². The van der Waals surface area contributed by atoms with E-state index in [-0.39, 0.29) is 5.91 Å². The van der Waals surface area contributed by atoms with E-state index in [1.165, 1.54) is 6.20 Å². The number of nitriles is 1. The smallest absolute Gasteiger partial charge is 0.252 e. The zero-order valence-electron chi connectivity index (χ0n) is 15.5. The Morgan fingerprint density at radius 2 is 1.96 bits per heavy atom. The predicted molar refractivity (Wildman–Crippen MR) is 108 cm³/mol. The highest BCUT2D eigenvalue weighted by Gasteiger charge is 2.07. The van der Waals surface area contributed by atoms with Gasteiger partial charge in [0.1, 0.15) is 5.75 Å². The first-order chi connectivity index (χ1) is 13.7. The van der Waals surface area contributed by atoms with Crippen LogP contribution in [0.15, 0.2) is 67.0 Å². The second-order valence-electron chi connectivity index (χ2n) is 6.14. The van der Waals surface area contributed by atoms with Crippen molar-refractivity contribution in [2.24, 2.45) is 0 Å². The molecule has 0 unspecified atom stereocenters. The molecule has 6 heteroatoms. The van der Waals surface area contributed by atoms with E-state index in [1.807, 2.05) is 30.3 Å². The second-order valence-corrected chi connectivity index (χ2v) is 6.14. The van der Waals surface area contributed by atoms with E-state index in [0.717, 1.165) is 17.0 Å². The third kappa shape index (κ3) is 5.08. The van der Waals surface area contributed by atoms with Gasteiger partial charge in [-0.3, -0.25) is 9.78 Å². The summed E-state index contributed by atoms with van der Waals surface area (Å²) in [5.74, 6) is 0.608. The van der Waals surface area contributed by atoms with Crippen molar-refractivity contribution in [1.82, 2.24) is 10.3 Å². The third-order valence-electron chi connectivity index (χ3n) is 4.11. The predicted octanol–water partition coefficient (Wildman–Crippen LogP) is 3.68. The molecule has 1 aromatic heterocycles. The maximum Gasteiger partial charge on any atom is 0.252 e. The highest BCUT2D eigenvalue weighted by molar-refractivity contribution is 5.94. The normalized spacial score (nSPS) is 10.0. The Bertz CT molecular complexity index is 1010. The van der Waals surface area contributed by atoms with Crippen LogP contribution in [0.3, 0.4) is 0 Å². The Morgan fingerprint density at radius 3 is 2.79 bits per heavy atom. The number of carbonyl (C=O) groups is 1. The molecule has 0 atom stereocenters. The minimum absolute atomic E-state index is 0.190. The first kappa shape index (κ1) is 18.9. The fourth-order valence-corrected chi connectivity index (χ4v) is 2.72. The molecule has 3 rings (SSSR count). The van der Waals surface area contributed by atoms with Crippen molar-refractivity contribution >= 4 is 17.3 Å². The molecule has 0 spiro atoms. The Kier molecular flexibility index (Phi) is 6.21. The maximum atomic E-state index is 12.4. The lowest BCUT2D eigenvalue weighted by Gasteiger charge is -2.09. The first-order valence-electron chi connectivity index (χ1n) is 8.81. The molecule has 0 fully saturated rings. The molecular formula is C22H20N4O2. The fourth-order valence-electron chi connectivity index (χ4n) is 2.72. The Morgan fingerprint density at radius 1 is 1.11 bits per heavy atom. The van der Waals surface area contributed by atoms with Crippen LogP contribution < -0.4 is 15.4 Å². The number of rotatable bonds is 7. The largest absolute Gasteiger partial charge is 0.497 e. The van der Waals surface area contributed by atoms with Gasteiger partial charge in [-0.2, -0.15) is 5.26 Å². The Hall–Kier alpha value is -3.85. The molecule has 0 saturated carbocycles. The number of amides is 1. The first-order valence-corrected chi connectivity index (χ1v) is 8.81. The SMILES string of the molecule is COc1cccc(CCNC(=O)c2cncc(Nc3cccc(C#N)c3)c2)c1. The van der Waals surface area contributed by atoms with E-state index in [9.17, 15) is 4.79 Å². The van der Waals surface area contributed by atoms with Crippen LogP contribution in [0.4, 0.5) is 11.4 Å². The topological polar surface area (TPSA) is 87.0 Å². The molecule has 6 nitrogen and oxygen atoms in total. The van der Waals surface area contributed by atoms with Crippen molar-refractivity contribution in [3.63, 3.8) is 0 Å². The maximum absolute atomic E-state index is 12.4. The minimum Gasteiger partial charge on any atom is -0.497 e. The van der Waals surface area contributed by atoms with Gasteiger partial charge in [-0.25, -0.2) is 0 Å². The van der Waals surface area contributed by atoms with Crippen molar-refractivity contribution in [3.8, 4) is 11.8 Å². The Balaban J connectivity index is 1.59.